The maximum atomic E-state index is 12.3. The molecule has 1 N–H and O–H groups in total. The Balaban J connectivity index is 1.77. The van der Waals surface area contributed by atoms with Crippen molar-refractivity contribution in [3.8, 4) is 0 Å². The van der Waals surface area contributed by atoms with Crippen molar-refractivity contribution in [2.24, 2.45) is 0 Å². The predicted molar refractivity (Wildman–Crippen MR) is 78.9 cm³/mol. The molecule has 1 saturated heterocycles. The Bertz CT molecular complexity index is 454. The number of aryl methyl sites for hydroxylation is 1. The minimum absolute atomic E-state index is 0.0296. The highest BCUT2D eigenvalue weighted by Gasteiger charge is 2.39. The lowest BCUT2D eigenvalue weighted by Crippen LogP contribution is -2.60. The summed E-state index contributed by atoms with van der Waals surface area (Å²) in [5, 5.41) is 10.6. The Morgan fingerprint density at radius 3 is 2.52 bits per heavy atom. The topological polar surface area (TPSA) is 72.3 Å². The summed E-state index contributed by atoms with van der Waals surface area (Å²) in [7, 11) is 0. The Morgan fingerprint density at radius 2 is 1.95 bits per heavy atom. The molecule has 0 aromatic carbocycles. The molecule has 1 aromatic heterocycles. The third kappa shape index (κ3) is 4.70. The lowest BCUT2D eigenvalue weighted by Gasteiger charge is -2.47. The second-order valence-electron chi connectivity index (χ2n) is 6.73. The smallest absolute Gasteiger partial charge is 0.317 e. The molecule has 0 unspecified atom stereocenters. The van der Waals surface area contributed by atoms with Gasteiger partial charge in [-0.1, -0.05) is 5.21 Å². The van der Waals surface area contributed by atoms with Crippen LogP contribution in [0.5, 0.6) is 0 Å². The predicted octanol–water partition coefficient (Wildman–Crippen LogP) is 1.27. The standard InChI is InChI=1S/C14H25N5O2/c1-13(2)10-18(11-14(3,4)21-13)12(20)15-6-5-8-19-9-7-16-17-19/h7,9H,5-6,8,10-11H2,1-4H3,(H,15,20). The summed E-state index contributed by atoms with van der Waals surface area (Å²) in [6, 6.07) is -0.0296. The van der Waals surface area contributed by atoms with Crippen molar-refractivity contribution in [1.29, 1.82) is 0 Å². The maximum Gasteiger partial charge on any atom is 0.317 e. The highest BCUT2D eigenvalue weighted by molar-refractivity contribution is 5.74. The minimum Gasteiger partial charge on any atom is -0.366 e. The van der Waals surface area contributed by atoms with Crippen molar-refractivity contribution >= 4 is 6.03 Å². The molecule has 21 heavy (non-hydrogen) atoms. The Labute approximate surface area is 125 Å². The van der Waals surface area contributed by atoms with Crippen LogP contribution in [0.3, 0.4) is 0 Å². The number of nitrogens with one attached hydrogen (secondary N) is 1. The van der Waals surface area contributed by atoms with Crippen LogP contribution in [0.2, 0.25) is 0 Å². The Hall–Kier alpha value is -1.63. The van der Waals surface area contributed by atoms with Crippen molar-refractivity contribution in [2.75, 3.05) is 19.6 Å². The molecule has 1 fully saturated rings. The largest absolute Gasteiger partial charge is 0.366 e. The van der Waals surface area contributed by atoms with Gasteiger partial charge in [0.1, 0.15) is 0 Å². The van der Waals surface area contributed by atoms with E-state index < -0.39 is 0 Å². The van der Waals surface area contributed by atoms with Crippen LogP contribution in [0.15, 0.2) is 12.4 Å². The van der Waals surface area contributed by atoms with E-state index in [-0.39, 0.29) is 17.2 Å². The fraction of sp³-hybridized carbons (Fsp3) is 0.786. The first-order chi connectivity index (χ1) is 9.77. The zero-order valence-electron chi connectivity index (χ0n) is 13.3. The molecule has 2 rings (SSSR count). The van der Waals surface area contributed by atoms with Gasteiger partial charge in [-0.15, -0.1) is 5.10 Å². The summed E-state index contributed by atoms with van der Waals surface area (Å²) in [6.45, 7) is 10.6. The number of amides is 2. The van der Waals surface area contributed by atoms with Crippen LogP contribution < -0.4 is 5.32 Å². The molecule has 0 spiro atoms. The summed E-state index contributed by atoms with van der Waals surface area (Å²) in [6.07, 6.45) is 4.29. The average Bonchev–Trinajstić information content (AvgIpc) is 2.83. The van der Waals surface area contributed by atoms with Crippen LogP contribution in [0.1, 0.15) is 34.1 Å². The molecule has 1 aliphatic rings. The first-order valence-electron chi connectivity index (χ1n) is 7.35. The molecule has 118 valence electrons. The van der Waals surface area contributed by atoms with Gasteiger partial charge in [-0.2, -0.15) is 0 Å². The van der Waals surface area contributed by atoms with Crippen LogP contribution >= 0.6 is 0 Å². The summed E-state index contributed by atoms with van der Waals surface area (Å²) >= 11 is 0. The van der Waals surface area contributed by atoms with Gasteiger partial charge >= 0.3 is 6.03 Å². The van der Waals surface area contributed by atoms with E-state index >= 15 is 0 Å². The van der Waals surface area contributed by atoms with E-state index in [4.69, 9.17) is 4.74 Å². The number of morpholine rings is 1. The number of ether oxygens (including phenoxy) is 1. The van der Waals surface area contributed by atoms with Gasteiger partial charge in [-0.05, 0) is 34.1 Å². The minimum atomic E-state index is -0.320. The van der Waals surface area contributed by atoms with E-state index in [1.54, 1.807) is 10.9 Å². The molecule has 2 amide bonds. The number of carbonyl (C=O) groups excluding carboxylic acids is 1. The van der Waals surface area contributed by atoms with Crippen molar-refractivity contribution in [2.45, 2.75) is 51.9 Å². The molecule has 0 bridgehead atoms. The van der Waals surface area contributed by atoms with Crippen molar-refractivity contribution in [1.82, 2.24) is 25.2 Å². The summed E-state index contributed by atoms with van der Waals surface area (Å²) in [4.78, 5) is 14.1. The zero-order valence-corrected chi connectivity index (χ0v) is 13.3. The fourth-order valence-corrected chi connectivity index (χ4v) is 2.83. The van der Waals surface area contributed by atoms with Crippen molar-refractivity contribution in [3.05, 3.63) is 12.4 Å². The van der Waals surface area contributed by atoms with Gasteiger partial charge in [0.05, 0.1) is 30.5 Å². The third-order valence-corrected chi connectivity index (χ3v) is 3.30. The monoisotopic (exact) mass is 295 g/mol. The second-order valence-corrected chi connectivity index (χ2v) is 6.73. The molecule has 1 aromatic rings. The summed E-state index contributed by atoms with van der Waals surface area (Å²) in [5.41, 5.74) is -0.639. The number of hydrogen-bond donors (Lipinski definition) is 1. The first-order valence-corrected chi connectivity index (χ1v) is 7.35. The molecular weight excluding hydrogens is 270 g/mol. The number of hydrogen-bond acceptors (Lipinski definition) is 4. The van der Waals surface area contributed by atoms with Gasteiger partial charge in [-0.3, -0.25) is 4.68 Å². The average molecular weight is 295 g/mol. The number of nitrogens with zero attached hydrogens (tertiary/aromatic N) is 4. The molecule has 2 heterocycles. The summed E-state index contributed by atoms with van der Waals surface area (Å²) in [5.74, 6) is 0. The third-order valence-electron chi connectivity index (χ3n) is 3.30. The van der Waals surface area contributed by atoms with E-state index in [1.807, 2.05) is 38.8 Å². The van der Waals surface area contributed by atoms with Gasteiger partial charge in [0, 0.05) is 19.3 Å². The van der Waals surface area contributed by atoms with Crippen molar-refractivity contribution in [3.63, 3.8) is 0 Å². The fourth-order valence-electron chi connectivity index (χ4n) is 2.83. The van der Waals surface area contributed by atoms with Crippen LogP contribution in [-0.2, 0) is 11.3 Å². The van der Waals surface area contributed by atoms with Gasteiger partial charge in [-0.25, -0.2) is 4.79 Å². The van der Waals surface area contributed by atoms with Gasteiger partial charge in [0.15, 0.2) is 0 Å². The molecule has 0 aliphatic carbocycles. The van der Waals surface area contributed by atoms with Gasteiger partial charge in [0.25, 0.3) is 0 Å². The number of carbonyl (C=O) groups is 1. The van der Waals surface area contributed by atoms with Crippen LogP contribution in [0, 0.1) is 0 Å². The lowest BCUT2D eigenvalue weighted by atomic mass is 9.99. The normalized spacial score (nSPS) is 20.3. The molecule has 7 heteroatoms. The van der Waals surface area contributed by atoms with E-state index in [2.05, 4.69) is 15.6 Å². The van der Waals surface area contributed by atoms with Crippen molar-refractivity contribution < 1.29 is 9.53 Å². The molecule has 0 saturated carbocycles. The molecule has 7 nitrogen and oxygen atoms in total. The number of aromatic nitrogens is 3. The Morgan fingerprint density at radius 1 is 1.29 bits per heavy atom. The lowest BCUT2D eigenvalue weighted by molar-refractivity contribution is -0.170. The number of urea groups is 1. The quantitative estimate of drug-likeness (QED) is 0.849. The first kappa shape index (κ1) is 15.8. The molecule has 0 atom stereocenters. The molecule has 1 aliphatic heterocycles. The molecular formula is C14H25N5O2. The highest BCUT2D eigenvalue weighted by Crippen LogP contribution is 2.27. The summed E-state index contributed by atoms with van der Waals surface area (Å²) < 4.78 is 7.73. The second kappa shape index (κ2) is 6.01. The van der Waals surface area contributed by atoms with Crippen LogP contribution in [-0.4, -0.2) is 56.8 Å². The van der Waals surface area contributed by atoms with E-state index in [0.29, 0.717) is 19.6 Å². The van der Waals surface area contributed by atoms with Gasteiger partial charge < -0.3 is 15.0 Å². The zero-order chi connectivity index (χ0) is 15.5. The molecule has 0 radical (unpaired) electrons. The maximum absolute atomic E-state index is 12.3. The van der Waals surface area contributed by atoms with E-state index in [1.165, 1.54) is 0 Å². The highest BCUT2D eigenvalue weighted by atomic mass is 16.5. The van der Waals surface area contributed by atoms with E-state index in [0.717, 1.165) is 13.0 Å². The van der Waals surface area contributed by atoms with Crippen LogP contribution in [0.25, 0.3) is 0 Å². The van der Waals surface area contributed by atoms with Crippen LogP contribution in [0.4, 0.5) is 4.79 Å². The SMILES string of the molecule is CC1(C)CN(C(=O)NCCCn2ccnn2)CC(C)(C)O1. The Kier molecular flexibility index (Phi) is 4.51. The van der Waals surface area contributed by atoms with E-state index in [9.17, 15) is 4.79 Å². The van der Waals surface area contributed by atoms with Gasteiger partial charge in [0.2, 0.25) is 0 Å². The number of rotatable bonds is 4.